The van der Waals surface area contributed by atoms with Crippen LogP contribution in [-0.4, -0.2) is 55.8 Å². The second kappa shape index (κ2) is 9.62. The minimum Gasteiger partial charge on any atom is -0.468 e. The number of aromatic nitrogens is 5. The first-order valence-corrected chi connectivity index (χ1v) is 11.9. The summed E-state index contributed by atoms with van der Waals surface area (Å²) >= 11 is 0. The third-order valence-corrected chi connectivity index (χ3v) is 6.39. The number of nitrogens with zero attached hydrogens (tertiary/aromatic N) is 6. The number of ether oxygens (including phenoxy) is 1. The number of hydrogen-bond acceptors (Lipinski definition) is 8. The summed E-state index contributed by atoms with van der Waals surface area (Å²) in [6, 6.07) is 9.46. The van der Waals surface area contributed by atoms with Crippen LogP contribution in [0.5, 0.6) is 0 Å². The molecule has 1 N–H and O–H groups in total. The highest BCUT2D eigenvalue weighted by molar-refractivity contribution is 5.87. The van der Waals surface area contributed by atoms with Crippen molar-refractivity contribution in [2.24, 2.45) is 7.05 Å². The van der Waals surface area contributed by atoms with Gasteiger partial charge in [-0.3, -0.25) is 14.4 Å². The number of carbonyl (C=O) groups is 1. The van der Waals surface area contributed by atoms with E-state index in [1.807, 2.05) is 47.0 Å². The molecule has 4 heterocycles. The van der Waals surface area contributed by atoms with Crippen molar-refractivity contribution in [3.05, 3.63) is 59.3 Å². The van der Waals surface area contributed by atoms with E-state index in [0.29, 0.717) is 30.9 Å². The summed E-state index contributed by atoms with van der Waals surface area (Å²) in [6.07, 6.45) is 1.88. The smallest absolute Gasteiger partial charge is 0.319 e. The highest BCUT2D eigenvalue weighted by atomic mass is 19.1. The lowest BCUT2D eigenvalue weighted by molar-refractivity contribution is -0.142. The molecule has 0 bridgehead atoms. The van der Waals surface area contributed by atoms with Gasteiger partial charge in [-0.05, 0) is 29.7 Å². The van der Waals surface area contributed by atoms with Gasteiger partial charge in [0.1, 0.15) is 11.5 Å². The van der Waals surface area contributed by atoms with Crippen molar-refractivity contribution in [3.63, 3.8) is 0 Å². The Morgan fingerprint density at radius 3 is 2.83 bits per heavy atom. The van der Waals surface area contributed by atoms with Gasteiger partial charge in [-0.1, -0.05) is 26.0 Å². The van der Waals surface area contributed by atoms with Gasteiger partial charge in [0.2, 0.25) is 5.95 Å². The minimum atomic E-state index is -0.501. The lowest BCUT2D eigenvalue weighted by Gasteiger charge is -2.27. The van der Waals surface area contributed by atoms with Gasteiger partial charge in [0.15, 0.2) is 5.82 Å². The van der Waals surface area contributed by atoms with Crippen LogP contribution in [0.3, 0.4) is 0 Å². The zero-order valence-corrected chi connectivity index (χ0v) is 20.7. The Morgan fingerprint density at radius 1 is 1.22 bits per heavy atom. The first kappa shape index (κ1) is 23.8. The minimum absolute atomic E-state index is 0.212. The summed E-state index contributed by atoms with van der Waals surface area (Å²) in [5, 5.41) is 8.66. The molecule has 0 fully saturated rings. The van der Waals surface area contributed by atoms with Gasteiger partial charge in [-0.2, -0.15) is 5.10 Å². The molecule has 4 aromatic rings. The number of esters is 1. The van der Waals surface area contributed by atoms with Crippen molar-refractivity contribution in [3.8, 4) is 11.3 Å². The van der Waals surface area contributed by atoms with Gasteiger partial charge in [0.25, 0.3) is 0 Å². The fraction of sp³-hybridized carbons (Fsp3) is 0.346. The van der Waals surface area contributed by atoms with Crippen molar-refractivity contribution >= 4 is 28.6 Å². The second-order valence-corrected chi connectivity index (χ2v) is 9.25. The average Bonchev–Trinajstić information content (AvgIpc) is 3.20. The summed E-state index contributed by atoms with van der Waals surface area (Å²) in [5.41, 5.74) is 4.83. The fourth-order valence-electron chi connectivity index (χ4n) is 4.72. The molecule has 3 aromatic heterocycles. The monoisotopic (exact) mass is 489 g/mol. The normalized spacial score (nSPS) is 13.7. The van der Waals surface area contributed by atoms with Crippen LogP contribution in [0.2, 0.25) is 0 Å². The van der Waals surface area contributed by atoms with Crippen molar-refractivity contribution in [2.45, 2.75) is 32.7 Å². The van der Waals surface area contributed by atoms with E-state index < -0.39 is 5.82 Å². The number of methoxy groups -OCH3 is 1. The number of benzene rings is 1. The number of nitrogens with one attached hydrogen (secondary N) is 1. The van der Waals surface area contributed by atoms with Crippen molar-refractivity contribution in [2.75, 3.05) is 25.5 Å². The first-order valence-electron chi connectivity index (χ1n) is 11.9. The number of pyridine rings is 1. The summed E-state index contributed by atoms with van der Waals surface area (Å²) in [4.78, 5) is 26.9. The molecule has 1 aromatic carbocycles. The molecule has 0 spiro atoms. The van der Waals surface area contributed by atoms with Crippen LogP contribution >= 0.6 is 0 Å². The number of carbonyl (C=O) groups excluding carboxylic acids is 1. The summed E-state index contributed by atoms with van der Waals surface area (Å²) in [6.45, 7) is 5.82. The second-order valence-electron chi connectivity index (χ2n) is 9.25. The highest BCUT2D eigenvalue weighted by Crippen LogP contribution is 2.30. The molecular formula is C26H28FN7O2. The SMILES string of the molecule is COC(=O)CN1CCc2nc(Nc3ncc(F)c(-c4ccc5nn(C)c(C(C)C)c5c4)n3)ccc2C1. The van der Waals surface area contributed by atoms with E-state index in [1.54, 1.807) is 0 Å². The van der Waals surface area contributed by atoms with Crippen LogP contribution in [0, 0.1) is 5.82 Å². The highest BCUT2D eigenvalue weighted by Gasteiger charge is 2.21. The molecule has 5 rings (SSSR count). The fourth-order valence-corrected chi connectivity index (χ4v) is 4.72. The summed E-state index contributed by atoms with van der Waals surface area (Å²) in [5.74, 6) is 0.358. The van der Waals surface area contributed by atoms with Crippen LogP contribution < -0.4 is 5.32 Å². The lowest BCUT2D eigenvalue weighted by atomic mass is 10.0. The molecule has 0 aliphatic carbocycles. The third kappa shape index (κ3) is 4.64. The standard InChI is InChI=1S/C26H28FN7O2/c1-15(2)25-18-11-16(5-7-21(18)32-33(25)3)24-19(27)12-28-26(31-24)30-22-8-6-17-13-34(14-23(35)36-4)10-9-20(17)29-22/h5-8,11-12,15H,9-10,13-14H2,1-4H3,(H,28,29,30,31). The quantitative estimate of drug-likeness (QED) is 0.407. The van der Waals surface area contributed by atoms with E-state index in [2.05, 4.69) is 34.2 Å². The largest absolute Gasteiger partial charge is 0.468 e. The van der Waals surface area contributed by atoms with Crippen LogP contribution in [-0.2, 0) is 29.5 Å². The van der Waals surface area contributed by atoms with Crippen molar-refractivity contribution in [1.29, 1.82) is 0 Å². The van der Waals surface area contributed by atoms with Crippen LogP contribution in [0.15, 0.2) is 36.5 Å². The number of hydrogen-bond donors (Lipinski definition) is 1. The molecule has 0 amide bonds. The number of anilines is 2. The van der Waals surface area contributed by atoms with Gasteiger partial charge >= 0.3 is 5.97 Å². The van der Waals surface area contributed by atoms with Crippen molar-refractivity contribution < 1.29 is 13.9 Å². The maximum absolute atomic E-state index is 14.8. The molecule has 0 saturated carbocycles. The van der Waals surface area contributed by atoms with E-state index in [0.717, 1.165) is 27.9 Å². The molecule has 1 aliphatic rings. The maximum Gasteiger partial charge on any atom is 0.319 e. The molecule has 0 unspecified atom stereocenters. The van der Waals surface area contributed by atoms with Crippen LogP contribution in [0.4, 0.5) is 16.2 Å². The Morgan fingerprint density at radius 2 is 2.06 bits per heavy atom. The molecule has 0 radical (unpaired) electrons. The number of rotatable bonds is 6. The zero-order chi connectivity index (χ0) is 25.4. The maximum atomic E-state index is 14.8. The molecular weight excluding hydrogens is 461 g/mol. The Balaban J connectivity index is 1.39. The van der Waals surface area contributed by atoms with Gasteiger partial charge in [-0.15, -0.1) is 0 Å². The Kier molecular flexibility index (Phi) is 6.36. The Hall–Kier alpha value is -3.92. The predicted molar refractivity (Wildman–Crippen MR) is 134 cm³/mol. The molecule has 1 aliphatic heterocycles. The van der Waals surface area contributed by atoms with E-state index in [4.69, 9.17) is 9.72 Å². The zero-order valence-electron chi connectivity index (χ0n) is 20.7. The lowest BCUT2D eigenvalue weighted by Crippen LogP contribution is -2.35. The summed E-state index contributed by atoms with van der Waals surface area (Å²) < 4.78 is 21.4. The van der Waals surface area contributed by atoms with Gasteiger partial charge in [0, 0.05) is 48.9 Å². The van der Waals surface area contributed by atoms with Gasteiger partial charge in [-0.25, -0.2) is 19.3 Å². The number of halogens is 1. The Bertz CT molecular complexity index is 1450. The average molecular weight is 490 g/mol. The molecule has 0 saturated heterocycles. The van der Waals surface area contributed by atoms with E-state index >= 15 is 0 Å². The topological polar surface area (TPSA) is 98.1 Å². The van der Waals surface area contributed by atoms with Crippen molar-refractivity contribution in [1.82, 2.24) is 29.6 Å². The first-order chi connectivity index (χ1) is 17.3. The number of fused-ring (bicyclic) bond motifs is 2. The molecule has 36 heavy (non-hydrogen) atoms. The van der Waals surface area contributed by atoms with E-state index in [1.165, 1.54) is 13.3 Å². The molecule has 0 atom stereocenters. The van der Waals surface area contributed by atoms with Crippen LogP contribution in [0.25, 0.3) is 22.2 Å². The van der Waals surface area contributed by atoms with Gasteiger partial charge < -0.3 is 10.1 Å². The third-order valence-electron chi connectivity index (χ3n) is 6.39. The van der Waals surface area contributed by atoms with E-state index in [9.17, 15) is 9.18 Å². The van der Waals surface area contributed by atoms with Gasteiger partial charge in [0.05, 0.1) is 25.4 Å². The molecule has 9 nitrogen and oxygen atoms in total. The Labute approximate surface area is 208 Å². The summed E-state index contributed by atoms with van der Waals surface area (Å²) in [7, 11) is 3.31. The molecule has 10 heteroatoms. The number of aryl methyl sites for hydroxylation is 1. The predicted octanol–water partition coefficient (Wildman–Crippen LogP) is 3.96. The van der Waals surface area contributed by atoms with E-state index in [-0.39, 0.29) is 30.1 Å². The van der Waals surface area contributed by atoms with Crippen LogP contribution in [0.1, 0.15) is 36.7 Å². The molecule has 186 valence electrons.